The van der Waals surface area contributed by atoms with Gasteiger partial charge in [-0.05, 0) is 108 Å². The molecule has 0 aliphatic carbocycles. The summed E-state index contributed by atoms with van der Waals surface area (Å²) in [6.45, 7) is 0.966. The van der Waals surface area contributed by atoms with Crippen LogP contribution in [-0.4, -0.2) is 22.9 Å². The summed E-state index contributed by atoms with van der Waals surface area (Å²) < 4.78 is 90.2. The lowest BCUT2D eigenvalue weighted by Gasteiger charge is -2.37. The van der Waals surface area contributed by atoms with Gasteiger partial charge in [0.15, 0.2) is 0 Å². The summed E-state index contributed by atoms with van der Waals surface area (Å²) in [6.07, 6.45) is 1.75. The molecule has 0 saturated carbocycles. The monoisotopic (exact) mass is 972 g/mol. The van der Waals surface area contributed by atoms with Crippen molar-refractivity contribution in [1.29, 1.82) is 0 Å². The fourth-order valence-corrected chi connectivity index (χ4v) is 10.4. The molecule has 0 radical (unpaired) electrons. The number of ether oxygens (including phenoxy) is 4. The maximum atomic E-state index is 13.1. The Kier molecular flexibility index (Phi) is 15.2. The predicted octanol–water partition coefficient (Wildman–Crippen LogP) is 12.6. The van der Waals surface area contributed by atoms with E-state index in [0.29, 0.717) is 62.8 Å². The fraction of sp³-hybridized carbons (Fsp3) is 0.172. The van der Waals surface area contributed by atoms with Crippen LogP contribution in [0.3, 0.4) is 0 Å². The van der Waals surface area contributed by atoms with E-state index >= 15 is 0 Å². The number of aryl methyl sites for hydroxylation is 1. The van der Waals surface area contributed by atoms with E-state index in [1.807, 2.05) is 127 Å². The molecule has 0 amide bonds. The second-order valence-corrected chi connectivity index (χ2v) is 20.1. The predicted molar refractivity (Wildman–Crippen MR) is 268 cm³/mol. The van der Waals surface area contributed by atoms with Gasteiger partial charge in [-0.25, -0.2) is 0 Å². The largest absolute Gasteiger partial charge is 0.489 e. The molecular weight excluding hydrogens is 921 g/mol. The fourth-order valence-electron chi connectivity index (χ4n) is 8.47. The minimum atomic E-state index is -4.05. The number of hydrogen-bond donors (Lipinski definition) is 0. The van der Waals surface area contributed by atoms with Gasteiger partial charge >= 0.3 is 20.2 Å². The van der Waals surface area contributed by atoms with Gasteiger partial charge in [0, 0.05) is 17.7 Å². The highest BCUT2D eigenvalue weighted by Crippen LogP contribution is 2.49. The van der Waals surface area contributed by atoms with Gasteiger partial charge in [-0.2, -0.15) is 16.8 Å². The first-order valence-corrected chi connectivity index (χ1v) is 26.0. The topological polar surface area (TPSA) is 124 Å². The molecule has 356 valence electrons. The quantitative estimate of drug-likeness (QED) is 0.0682. The molecule has 0 unspecified atom stereocenters. The number of hydrogen-bond acceptors (Lipinski definition) is 10. The minimum absolute atomic E-state index is 0.0619. The van der Waals surface area contributed by atoms with Crippen molar-refractivity contribution in [2.24, 2.45) is 0 Å². The van der Waals surface area contributed by atoms with Crippen LogP contribution in [0.4, 0.5) is 0 Å². The summed E-state index contributed by atoms with van der Waals surface area (Å²) in [5, 5.41) is 0. The van der Waals surface area contributed by atoms with Crippen LogP contribution in [-0.2, 0) is 51.2 Å². The molecule has 0 N–H and O–H groups in total. The molecule has 1 aliphatic rings. The Labute approximate surface area is 410 Å². The Bertz CT molecular complexity index is 3080. The first kappa shape index (κ1) is 47.7. The average Bonchev–Trinajstić information content (AvgIpc) is 3.40. The zero-order chi connectivity index (χ0) is 48.2. The molecule has 0 spiro atoms. The van der Waals surface area contributed by atoms with Crippen molar-refractivity contribution in [3.05, 3.63) is 246 Å². The molecule has 1 saturated heterocycles. The summed E-state index contributed by atoms with van der Waals surface area (Å²) in [5.74, 6) is 2.13. The van der Waals surface area contributed by atoms with Gasteiger partial charge in [0.25, 0.3) is 0 Å². The highest BCUT2D eigenvalue weighted by molar-refractivity contribution is 7.87. The van der Waals surface area contributed by atoms with E-state index in [4.69, 9.17) is 27.3 Å². The highest BCUT2D eigenvalue weighted by Gasteiger charge is 2.35. The summed E-state index contributed by atoms with van der Waals surface area (Å²) in [6, 6.07) is 64.1. The lowest BCUT2D eigenvalue weighted by Crippen LogP contribution is -2.28. The first-order chi connectivity index (χ1) is 34.1. The Balaban J connectivity index is 1.04. The number of benzene rings is 8. The van der Waals surface area contributed by atoms with Crippen molar-refractivity contribution in [3.8, 4) is 28.7 Å². The van der Waals surface area contributed by atoms with Gasteiger partial charge in [0.2, 0.25) is 0 Å². The van der Waals surface area contributed by atoms with Crippen molar-refractivity contribution in [1.82, 2.24) is 0 Å². The molecule has 0 bridgehead atoms. The third kappa shape index (κ3) is 12.6. The van der Waals surface area contributed by atoms with Gasteiger partial charge < -0.3 is 27.3 Å². The Hall–Kier alpha value is -7.38. The maximum absolute atomic E-state index is 13.1. The van der Waals surface area contributed by atoms with Gasteiger partial charge in [0.1, 0.15) is 58.4 Å². The average molecular weight is 973 g/mol. The van der Waals surface area contributed by atoms with E-state index in [-0.39, 0.29) is 33.3 Å². The van der Waals surface area contributed by atoms with E-state index in [1.54, 1.807) is 60.7 Å². The first-order valence-electron chi connectivity index (χ1n) is 23.1. The molecule has 1 heterocycles. The van der Waals surface area contributed by atoms with Gasteiger partial charge in [-0.15, -0.1) is 0 Å². The zero-order valence-electron chi connectivity index (χ0n) is 38.3. The van der Waals surface area contributed by atoms with E-state index in [9.17, 15) is 16.8 Å². The van der Waals surface area contributed by atoms with Crippen LogP contribution < -0.4 is 22.6 Å². The Morgan fingerprint density at radius 2 is 0.843 bits per heavy atom. The second kappa shape index (κ2) is 22.4. The third-order valence-corrected chi connectivity index (χ3v) is 14.5. The molecule has 0 aromatic heterocycles. The molecule has 3 atom stereocenters. The summed E-state index contributed by atoms with van der Waals surface area (Å²) >= 11 is 0. The molecule has 9 rings (SSSR count). The van der Waals surface area contributed by atoms with Crippen molar-refractivity contribution in [2.75, 3.05) is 0 Å². The Morgan fingerprint density at radius 1 is 0.429 bits per heavy atom. The maximum Gasteiger partial charge on any atom is 0.339 e. The lowest BCUT2D eigenvalue weighted by atomic mass is 9.81. The summed E-state index contributed by atoms with van der Waals surface area (Å²) in [4.78, 5) is 0.139. The molecule has 8 aromatic rings. The standard InChI is InChI=1S/C58H52O10S2/c59-69(60,53-22-12-4-13-23-53)67-49-31-26-43(27-32-49)28-33-51-36-48(37-55(66-51)47-29-34-50(35-30-47)68-70(61,62)54-24-14-5-15-25-54)58-56(64-41-45-18-8-2-9-19-45)38-52(63-40-44-16-6-1-7-17-44)39-57(58)65-42-46-20-10-3-11-21-46/h1-27,29-32,34-35,38-39,48,51,55H,28,33,36-37,40-42H2/t48-,51+,55+/m1/s1. The zero-order valence-corrected chi connectivity index (χ0v) is 39.9. The molecule has 70 heavy (non-hydrogen) atoms. The van der Waals surface area contributed by atoms with Crippen LogP contribution in [0.2, 0.25) is 0 Å². The van der Waals surface area contributed by atoms with E-state index in [0.717, 1.165) is 33.4 Å². The van der Waals surface area contributed by atoms with Crippen molar-refractivity contribution in [3.63, 3.8) is 0 Å². The molecular formula is C58H52O10S2. The second-order valence-electron chi connectivity index (χ2n) is 17.0. The third-order valence-electron chi connectivity index (χ3n) is 12.0. The summed E-state index contributed by atoms with van der Waals surface area (Å²) in [7, 11) is -8.05. The van der Waals surface area contributed by atoms with Gasteiger partial charge in [-0.1, -0.05) is 152 Å². The van der Waals surface area contributed by atoms with Crippen LogP contribution in [0.5, 0.6) is 28.7 Å². The molecule has 1 fully saturated rings. The van der Waals surface area contributed by atoms with Crippen molar-refractivity contribution >= 4 is 20.2 Å². The van der Waals surface area contributed by atoms with Crippen molar-refractivity contribution in [2.45, 2.75) is 73.4 Å². The van der Waals surface area contributed by atoms with Crippen LogP contribution >= 0.6 is 0 Å². The Morgan fingerprint density at radius 3 is 1.30 bits per heavy atom. The van der Waals surface area contributed by atoms with Crippen LogP contribution in [0.25, 0.3) is 0 Å². The van der Waals surface area contributed by atoms with Gasteiger partial charge in [-0.3, -0.25) is 0 Å². The number of rotatable bonds is 20. The normalized spacial score (nSPS) is 15.9. The van der Waals surface area contributed by atoms with Crippen LogP contribution in [0.15, 0.2) is 222 Å². The SMILES string of the molecule is O=S(=O)(Oc1ccc(CC[C@H]2C[C@@H](c3c(OCc4ccccc4)cc(OCc4ccccc4)cc3OCc3ccccc3)C[C@@H](c3ccc(OS(=O)(=O)c4ccccc4)cc3)O2)cc1)c1ccccc1. The van der Waals surface area contributed by atoms with Crippen LogP contribution in [0, 0.1) is 0 Å². The molecule has 10 nitrogen and oxygen atoms in total. The molecule has 8 aromatic carbocycles. The highest BCUT2D eigenvalue weighted by atomic mass is 32.2. The molecule has 1 aliphatic heterocycles. The van der Waals surface area contributed by atoms with E-state index in [2.05, 4.69) is 0 Å². The summed E-state index contributed by atoms with van der Waals surface area (Å²) in [5.41, 5.74) is 5.75. The minimum Gasteiger partial charge on any atom is -0.489 e. The molecule has 12 heteroatoms. The smallest absolute Gasteiger partial charge is 0.339 e. The lowest BCUT2D eigenvalue weighted by molar-refractivity contribution is -0.0634. The van der Waals surface area contributed by atoms with E-state index < -0.39 is 26.3 Å². The van der Waals surface area contributed by atoms with Crippen LogP contribution in [0.1, 0.15) is 64.7 Å². The van der Waals surface area contributed by atoms with Crippen molar-refractivity contribution < 1.29 is 44.1 Å². The van der Waals surface area contributed by atoms with E-state index in [1.165, 1.54) is 24.3 Å². The van der Waals surface area contributed by atoms with Gasteiger partial charge in [0.05, 0.1) is 12.2 Å².